The maximum atomic E-state index is 6.25. The monoisotopic (exact) mass is 742 g/mol. The maximum absolute atomic E-state index is 6.25. The van der Waals surface area contributed by atoms with Gasteiger partial charge in [-0.05, 0) is 0 Å². The van der Waals surface area contributed by atoms with E-state index < -0.39 is 0 Å². The molecule has 0 aromatic heterocycles. The molecule has 0 radical (unpaired) electrons. The molecule has 10 nitrogen and oxygen atoms in total. The largest absolute Gasteiger partial charge is 2.00 e. The summed E-state index contributed by atoms with van der Waals surface area (Å²) in [5, 5.41) is 25.0. The Morgan fingerprint density at radius 1 is 0.391 bits per heavy atom. The third kappa shape index (κ3) is 1080. The molecule has 0 atom stereocenters. The molecule has 0 amide bonds. The van der Waals surface area contributed by atoms with Gasteiger partial charge in [-0.1, -0.05) is 0 Å². The van der Waals surface area contributed by atoms with Crippen LogP contribution in [0.2, 0.25) is 0 Å². The molecule has 12 N–H and O–H groups in total. The van der Waals surface area contributed by atoms with Crippen molar-refractivity contribution in [2.24, 2.45) is 34.4 Å². The Kier molecular flexibility index (Phi) is 802. The summed E-state index contributed by atoms with van der Waals surface area (Å²) < 4.78 is 0. The number of hydrogen-bond donors (Lipinski definition) is 6. The van der Waals surface area contributed by atoms with Gasteiger partial charge in [0.15, 0.2) is 0 Å². The van der Waals surface area contributed by atoms with Crippen LogP contribution in [0, 0.1) is 47.3 Å². The van der Waals surface area contributed by atoms with E-state index in [1.807, 2.05) is 0 Å². The van der Waals surface area contributed by atoms with E-state index in [2.05, 4.69) is 0 Å². The molecule has 0 saturated carbocycles. The van der Waals surface area contributed by atoms with Crippen molar-refractivity contribution >= 4 is 0 Å². The topological polar surface area (TPSA) is 251 Å². The minimum absolute atomic E-state index is 0. The van der Waals surface area contributed by atoms with E-state index in [9.17, 15) is 0 Å². The zero-order valence-corrected chi connectivity index (χ0v) is 20.1. The molecule has 138 valence electrons. The van der Waals surface area contributed by atoms with Gasteiger partial charge in [-0.3, -0.25) is 0 Å². The molecule has 0 heterocycles. The average Bonchev–Trinajstić information content (AvgIpc) is 2.61. The van der Waals surface area contributed by atoms with E-state index in [0.29, 0.717) is 39.3 Å². The van der Waals surface area contributed by atoms with Gasteiger partial charge < -0.3 is 81.7 Å². The minimum atomic E-state index is 0. The third-order valence-electron chi connectivity index (χ3n) is 0.500. The van der Waals surface area contributed by atoms with Crippen LogP contribution < -0.4 is 34.4 Å². The van der Waals surface area contributed by atoms with Gasteiger partial charge in [-0.2, -0.15) is 0 Å². The second-order valence-electron chi connectivity index (χ2n) is 1.73. The van der Waals surface area contributed by atoms with E-state index in [-0.39, 0.29) is 64.2 Å². The van der Waals surface area contributed by atoms with Gasteiger partial charge in [0.2, 0.25) is 0 Å². The van der Waals surface area contributed by atoms with Gasteiger partial charge in [0.1, 0.15) is 0 Å². The predicted molar refractivity (Wildman–Crippen MR) is 74.2 cm³/mol. The van der Waals surface area contributed by atoms with Crippen molar-refractivity contribution in [3.05, 3.63) is 26.3 Å². The average molecular weight is 744 g/mol. The van der Waals surface area contributed by atoms with Crippen LogP contribution in [0.5, 0.6) is 0 Å². The van der Waals surface area contributed by atoms with Crippen LogP contribution >= 0.6 is 0 Å². The van der Waals surface area contributed by atoms with Gasteiger partial charge in [0, 0.05) is 39.3 Å². The van der Waals surface area contributed by atoms with Crippen LogP contribution in [0.4, 0.5) is 0 Å². The first kappa shape index (κ1) is 66.1. The number of rotatable bonds is 3. The van der Waals surface area contributed by atoms with Gasteiger partial charge in [-0.25, -0.2) is 0 Å². The van der Waals surface area contributed by atoms with Crippen LogP contribution in [0.15, 0.2) is 0 Å². The first-order chi connectivity index (χ1) is 9.74. The Balaban J connectivity index is -0.0000000108. The van der Waals surface area contributed by atoms with Crippen molar-refractivity contribution in [3.63, 3.8) is 0 Å². The normalized spacial score (nSPS) is 4.26. The summed E-state index contributed by atoms with van der Waals surface area (Å²) in [6, 6.07) is 0. The van der Waals surface area contributed by atoms with Crippen LogP contribution in [-0.2, 0) is 64.2 Å². The molecule has 0 bridgehead atoms. The standard InChI is InChI=1S/3C2H8N2.4CN.2Au.Zn/c3*3-1-2-4;4*1-2;;;/h3*1-4H2;;;;;;;/q;;;4*-1;2*+1;+2. The molecule has 0 aliphatic heterocycles. The summed E-state index contributed by atoms with van der Waals surface area (Å²) >= 11 is 0. The molecular weight excluding hydrogens is 720 g/mol. The summed E-state index contributed by atoms with van der Waals surface area (Å²) in [5.74, 6) is 0. The quantitative estimate of drug-likeness (QED) is 0.127. The van der Waals surface area contributed by atoms with Gasteiger partial charge in [0.05, 0.1) is 0 Å². The molecule has 0 fully saturated rings. The van der Waals surface area contributed by atoms with Crippen molar-refractivity contribution in [2.45, 2.75) is 0 Å². The summed E-state index contributed by atoms with van der Waals surface area (Å²) in [5.41, 5.74) is 29.4. The zero-order chi connectivity index (χ0) is 18.2. The van der Waals surface area contributed by atoms with Crippen molar-refractivity contribution in [3.8, 4) is 0 Å². The summed E-state index contributed by atoms with van der Waals surface area (Å²) in [4.78, 5) is 0. The SMILES string of the molecule is NCCN.NCCN.NCCN.[Au+].[Au+].[C-]#N.[C-]#N.[C-]#N.[C-]#N.[Zn+2]. The van der Waals surface area contributed by atoms with Crippen LogP contribution in [-0.4, -0.2) is 39.3 Å². The molecule has 13 heteroatoms. The van der Waals surface area contributed by atoms with E-state index >= 15 is 0 Å². The van der Waals surface area contributed by atoms with E-state index in [4.69, 9.17) is 81.7 Å². The van der Waals surface area contributed by atoms with Gasteiger partial charge in [0.25, 0.3) is 0 Å². The van der Waals surface area contributed by atoms with E-state index in [1.54, 1.807) is 0 Å². The zero-order valence-electron chi connectivity index (χ0n) is 12.8. The van der Waals surface area contributed by atoms with Crippen LogP contribution in [0.25, 0.3) is 0 Å². The van der Waals surface area contributed by atoms with Crippen LogP contribution in [0.3, 0.4) is 0 Å². The first-order valence-corrected chi connectivity index (χ1v) is 4.84. The number of hydrogen-bond acceptors (Lipinski definition) is 10. The molecular formula is C10H24Au2N10Zn. The maximum Gasteiger partial charge on any atom is 2.00 e. The number of nitrogens with two attached hydrogens (primary N) is 6. The van der Waals surface area contributed by atoms with Crippen molar-refractivity contribution in [1.82, 2.24) is 0 Å². The van der Waals surface area contributed by atoms with E-state index in [1.165, 1.54) is 0 Å². The molecule has 0 unspecified atom stereocenters. The van der Waals surface area contributed by atoms with E-state index in [0.717, 1.165) is 0 Å². The second-order valence-corrected chi connectivity index (χ2v) is 1.73. The Bertz CT molecular complexity index is 127. The Morgan fingerprint density at radius 3 is 0.435 bits per heavy atom. The third-order valence-corrected chi connectivity index (χ3v) is 0.500. The first-order valence-electron chi connectivity index (χ1n) is 4.84. The fraction of sp³-hybridized carbons (Fsp3) is 0.600. The molecule has 0 aliphatic rings. The Labute approximate surface area is 184 Å². The fourth-order valence-electron chi connectivity index (χ4n) is 0. The molecule has 0 rings (SSSR count). The van der Waals surface area contributed by atoms with Crippen LogP contribution in [0.1, 0.15) is 0 Å². The second kappa shape index (κ2) is 279. The molecule has 0 aromatic carbocycles. The van der Waals surface area contributed by atoms with Crippen molar-refractivity contribution < 1.29 is 64.2 Å². The molecule has 0 aromatic rings. The van der Waals surface area contributed by atoms with Crippen molar-refractivity contribution in [1.29, 1.82) is 21.0 Å². The smallest absolute Gasteiger partial charge is 0.512 e. The summed E-state index contributed by atoms with van der Waals surface area (Å²) in [6.45, 7) is 22.6. The number of nitrogens with zero attached hydrogens (tertiary/aromatic N) is 4. The summed E-state index contributed by atoms with van der Waals surface area (Å²) in [7, 11) is 0. The molecule has 0 spiro atoms. The van der Waals surface area contributed by atoms with Gasteiger partial charge >= 0.3 is 64.2 Å². The molecule has 0 saturated heterocycles. The predicted octanol–water partition coefficient (Wildman–Crippen LogP) is -2.91. The van der Waals surface area contributed by atoms with Crippen molar-refractivity contribution in [2.75, 3.05) is 39.3 Å². The minimum Gasteiger partial charge on any atom is -0.512 e. The Morgan fingerprint density at radius 2 is 0.435 bits per heavy atom. The molecule has 0 aliphatic carbocycles. The Hall–Kier alpha value is -0.176. The van der Waals surface area contributed by atoms with Gasteiger partial charge in [-0.15, -0.1) is 0 Å². The molecule has 23 heavy (non-hydrogen) atoms. The fourth-order valence-corrected chi connectivity index (χ4v) is 0. The summed E-state index contributed by atoms with van der Waals surface area (Å²) in [6.07, 6.45) is 0.